The predicted molar refractivity (Wildman–Crippen MR) is 126 cm³/mol. The van der Waals surface area contributed by atoms with Gasteiger partial charge in [0.1, 0.15) is 17.3 Å². The Hall–Kier alpha value is -3.41. The van der Waals surface area contributed by atoms with Crippen LogP contribution in [0, 0.1) is 0 Å². The summed E-state index contributed by atoms with van der Waals surface area (Å²) in [6.45, 7) is 2.23. The molecule has 0 radical (unpaired) electrons. The number of nitrogens with zero attached hydrogens (tertiary/aromatic N) is 5. The van der Waals surface area contributed by atoms with Gasteiger partial charge in [-0.05, 0) is 17.7 Å². The van der Waals surface area contributed by atoms with Crippen molar-refractivity contribution in [2.75, 3.05) is 50.7 Å². The molecule has 3 N–H and O–H groups in total. The third-order valence-corrected chi connectivity index (χ3v) is 5.56. The predicted octanol–water partition coefficient (Wildman–Crippen LogP) is 2.08. The molecule has 1 aromatic carbocycles. The Kier molecular flexibility index (Phi) is 7.78. The summed E-state index contributed by atoms with van der Waals surface area (Å²) in [5, 5.41) is 20.7. The average Bonchev–Trinajstić information content (AvgIpc) is 3.31. The number of amides is 1. The van der Waals surface area contributed by atoms with Crippen LogP contribution in [0.5, 0.6) is 5.75 Å². The van der Waals surface area contributed by atoms with Crippen molar-refractivity contribution in [2.45, 2.75) is 12.6 Å². The number of nitrogens with one attached hydrogen (secondary N) is 2. The van der Waals surface area contributed by atoms with Gasteiger partial charge in [0.15, 0.2) is 5.82 Å². The lowest BCUT2D eigenvalue weighted by Gasteiger charge is -2.26. The Labute approximate surface area is 201 Å². The first-order chi connectivity index (χ1) is 16.6. The minimum Gasteiger partial charge on any atom is -0.497 e. The summed E-state index contributed by atoms with van der Waals surface area (Å²) in [7, 11) is 1.58. The molecule has 1 saturated heterocycles. The molecule has 1 aliphatic heterocycles. The lowest BCUT2D eigenvalue weighted by atomic mass is 10.1. The Morgan fingerprint density at radius 2 is 2.15 bits per heavy atom. The second-order valence-corrected chi connectivity index (χ2v) is 8.00. The summed E-state index contributed by atoms with van der Waals surface area (Å²) < 4.78 is 12.1. The molecule has 0 spiro atoms. The van der Waals surface area contributed by atoms with Gasteiger partial charge in [-0.2, -0.15) is 10.1 Å². The number of benzene rings is 1. The SMILES string of the molecule is COc1cccc([C@@H](CO)Nc2nc(Nc3cnn(CC(=O)N4CCOCC4)c3)ncc2Cl)c1. The molecule has 0 saturated carbocycles. The van der Waals surface area contributed by atoms with Crippen molar-refractivity contribution in [1.29, 1.82) is 0 Å². The summed E-state index contributed by atoms with van der Waals surface area (Å²) in [6.07, 6.45) is 4.76. The molecule has 180 valence electrons. The first kappa shape index (κ1) is 23.7. The van der Waals surface area contributed by atoms with Gasteiger partial charge in [-0.15, -0.1) is 0 Å². The highest BCUT2D eigenvalue weighted by atomic mass is 35.5. The van der Waals surface area contributed by atoms with E-state index in [2.05, 4.69) is 25.7 Å². The number of ether oxygens (including phenoxy) is 2. The molecule has 12 heteroatoms. The first-order valence-electron chi connectivity index (χ1n) is 10.7. The van der Waals surface area contributed by atoms with Crippen molar-refractivity contribution < 1.29 is 19.4 Å². The zero-order valence-corrected chi connectivity index (χ0v) is 19.4. The molecule has 1 fully saturated rings. The fourth-order valence-corrected chi connectivity index (χ4v) is 3.63. The molecule has 2 aromatic heterocycles. The number of hydrogen-bond acceptors (Lipinski definition) is 9. The van der Waals surface area contributed by atoms with Crippen molar-refractivity contribution in [2.24, 2.45) is 0 Å². The molecule has 34 heavy (non-hydrogen) atoms. The number of hydrogen-bond donors (Lipinski definition) is 3. The Balaban J connectivity index is 1.42. The average molecular weight is 488 g/mol. The van der Waals surface area contributed by atoms with Crippen LogP contribution in [0.3, 0.4) is 0 Å². The summed E-state index contributed by atoms with van der Waals surface area (Å²) in [4.78, 5) is 22.8. The van der Waals surface area contributed by atoms with Gasteiger partial charge >= 0.3 is 0 Å². The number of carbonyl (C=O) groups is 1. The number of aliphatic hydroxyl groups excluding tert-OH is 1. The third kappa shape index (κ3) is 5.93. The van der Waals surface area contributed by atoms with Crippen LogP contribution in [0.1, 0.15) is 11.6 Å². The van der Waals surface area contributed by atoms with Crippen molar-refractivity contribution >= 4 is 35.0 Å². The second-order valence-electron chi connectivity index (χ2n) is 7.59. The van der Waals surface area contributed by atoms with E-state index in [9.17, 15) is 9.90 Å². The second kappa shape index (κ2) is 11.1. The molecule has 3 heterocycles. The maximum Gasteiger partial charge on any atom is 0.244 e. The van der Waals surface area contributed by atoms with Crippen LogP contribution in [0.2, 0.25) is 5.02 Å². The number of methoxy groups -OCH3 is 1. The molecule has 0 unspecified atom stereocenters. The van der Waals surface area contributed by atoms with Crippen molar-refractivity contribution in [3.8, 4) is 5.75 Å². The van der Waals surface area contributed by atoms with E-state index < -0.39 is 6.04 Å². The van der Waals surface area contributed by atoms with Crippen LogP contribution in [-0.2, 0) is 16.1 Å². The summed E-state index contributed by atoms with van der Waals surface area (Å²) in [6, 6.07) is 6.91. The van der Waals surface area contributed by atoms with Crippen LogP contribution < -0.4 is 15.4 Å². The van der Waals surface area contributed by atoms with Crippen LogP contribution in [0.15, 0.2) is 42.9 Å². The Bertz CT molecular complexity index is 1120. The quantitative estimate of drug-likeness (QED) is 0.415. The van der Waals surface area contributed by atoms with Gasteiger partial charge in [-0.3, -0.25) is 9.48 Å². The summed E-state index contributed by atoms with van der Waals surface area (Å²) in [5.74, 6) is 1.31. The molecular weight excluding hydrogens is 462 g/mol. The van der Waals surface area contributed by atoms with E-state index in [1.165, 1.54) is 6.20 Å². The zero-order chi connectivity index (χ0) is 23.9. The minimum absolute atomic E-state index is 0.0141. The smallest absolute Gasteiger partial charge is 0.244 e. The number of anilines is 3. The Morgan fingerprint density at radius 3 is 2.91 bits per heavy atom. The van der Waals surface area contributed by atoms with Gasteiger partial charge in [0.25, 0.3) is 0 Å². The minimum atomic E-state index is -0.454. The van der Waals surface area contributed by atoms with E-state index in [1.807, 2.05) is 24.3 Å². The van der Waals surface area contributed by atoms with Gasteiger partial charge in [0.05, 0.1) is 51.1 Å². The molecule has 1 atom stereocenters. The fourth-order valence-electron chi connectivity index (χ4n) is 3.48. The van der Waals surface area contributed by atoms with Crippen LogP contribution in [0.25, 0.3) is 0 Å². The highest BCUT2D eigenvalue weighted by molar-refractivity contribution is 6.32. The molecular formula is C22H26ClN7O4. The van der Waals surface area contributed by atoms with Crippen molar-refractivity contribution in [3.05, 3.63) is 53.4 Å². The van der Waals surface area contributed by atoms with E-state index >= 15 is 0 Å². The number of morpholine rings is 1. The number of halogens is 1. The van der Waals surface area contributed by atoms with Crippen LogP contribution in [0.4, 0.5) is 17.5 Å². The standard InChI is InChI=1S/C22H26ClN7O4/c1-33-17-4-2-3-15(9-17)19(14-31)27-21-18(23)11-24-22(28-21)26-16-10-25-30(12-16)13-20(32)29-5-7-34-8-6-29/h2-4,9-12,19,31H,5-8,13-14H2,1H3,(H2,24,26,27,28)/t19-/m1/s1. The van der Waals surface area contributed by atoms with E-state index in [1.54, 1.807) is 29.1 Å². The van der Waals surface area contributed by atoms with Gasteiger partial charge in [-0.25, -0.2) is 4.98 Å². The lowest BCUT2D eigenvalue weighted by Crippen LogP contribution is -2.42. The normalized spacial score (nSPS) is 14.5. The van der Waals surface area contributed by atoms with E-state index in [-0.39, 0.29) is 25.0 Å². The molecule has 1 amide bonds. The van der Waals surface area contributed by atoms with E-state index in [4.69, 9.17) is 21.1 Å². The van der Waals surface area contributed by atoms with Gasteiger partial charge in [0.2, 0.25) is 11.9 Å². The monoisotopic (exact) mass is 487 g/mol. The summed E-state index contributed by atoms with van der Waals surface area (Å²) in [5.41, 5.74) is 1.44. The van der Waals surface area contributed by atoms with Crippen molar-refractivity contribution in [3.63, 3.8) is 0 Å². The molecule has 4 rings (SSSR count). The maximum atomic E-state index is 12.4. The molecule has 11 nitrogen and oxygen atoms in total. The van der Waals surface area contributed by atoms with Crippen LogP contribution in [-0.4, -0.2) is 75.7 Å². The number of rotatable bonds is 9. The zero-order valence-electron chi connectivity index (χ0n) is 18.6. The fraction of sp³-hybridized carbons (Fsp3) is 0.364. The molecule has 0 aliphatic carbocycles. The first-order valence-corrected chi connectivity index (χ1v) is 11.1. The van der Waals surface area contributed by atoms with E-state index in [0.717, 1.165) is 5.56 Å². The van der Waals surface area contributed by atoms with Crippen molar-refractivity contribution in [1.82, 2.24) is 24.6 Å². The number of carbonyl (C=O) groups excluding carboxylic acids is 1. The largest absolute Gasteiger partial charge is 0.497 e. The molecule has 1 aliphatic rings. The maximum absolute atomic E-state index is 12.4. The molecule has 3 aromatic rings. The Morgan fingerprint density at radius 1 is 1.32 bits per heavy atom. The van der Waals surface area contributed by atoms with E-state index in [0.29, 0.717) is 48.6 Å². The third-order valence-electron chi connectivity index (χ3n) is 5.28. The number of aliphatic hydroxyl groups is 1. The highest BCUT2D eigenvalue weighted by Gasteiger charge is 2.18. The topological polar surface area (TPSA) is 127 Å². The van der Waals surface area contributed by atoms with Gasteiger partial charge < -0.3 is 30.1 Å². The van der Waals surface area contributed by atoms with Gasteiger partial charge in [0, 0.05) is 19.3 Å². The molecule has 0 bridgehead atoms. The summed E-state index contributed by atoms with van der Waals surface area (Å²) >= 11 is 6.29. The highest BCUT2D eigenvalue weighted by Crippen LogP contribution is 2.27. The lowest BCUT2D eigenvalue weighted by molar-refractivity contribution is -0.136. The van der Waals surface area contributed by atoms with Gasteiger partial charge in [-0.1, -0.05) is 23.7 Å². The number of aromatic nitrogens is 4. The van der Waals surface area contributed by atoms with Crippen LogP contribution >= 0.6 is 11.6 Å².